The number of likely N-dealkylation sites (tertiary alicyclic amines) is 1. The average Bonchev–Trinajstić information content (AvgIpc) is 3.04. The van der Waals surface area contributed by atoms with Gasteiger partial charge in [0.25, 0.3) is 11.7 Å². The second-order valence-corrected chi connectivity index (χ2v) is 7.23. The highest BCUT2D eigenvalue weighted by Crippen LogP contribution is 2.40. The molecule has 2 aromatic rings. The van der Waals surface area contributed by atoms with Crippen molar-refractivity contribution in [2.75, 3.05) is 27.4 Å². The summed E-state index contributed by atoms with van der Waals surface area (Å²) in [6.45, 7) is 1.98. The molecule has 1 N–H and O–H groups in total. The average molecular weight is 439 g/mol. The molecule has 1 amide bonds. The van der Waals surface area contributed by atoms with Crippen LogP contribution in [0.1, 0.15) is 30.5 Å². The molecule has 8 heteroatoms. The van der Waals surface area contributed by atoms with Crippen LogP contribution in [0, 0.1) is 0 Å². The Balaban J connectivity index is 2.09. The van der Waals surface area contributed by atoms with Crippen LogP contribution < -0.4 is 9.47 Å². The van der Waals surface area contributed by atoms with E-state index in [-0.39, 0.29) is 17.9 Å². The van der Waals surface area contributed by atoms with Gasteiger partial charge >= 0.3 is 5.97 Å². The fraction of sp³-hybridized carbons (Fsp3) is 0.292. The maximum Gasteiger partial charge on any atom is 0.308 e. The van der Waals surface area contributed by atoms with E-state index in [9.17, 15) is 19.5 Å². The first-order valence-corrected chi connectivity index (χ1v) is 10.1. The quantitative estimate of drug-likeness (QED) is 0.168. The van der Waals surface area contributed by atoms with Crippen molar-refractivity contribution in [1.29, 1.82) is 0 Å². The van der Waals surface area contributed by atoms with E-state index in [2.05, 4.69) is 0 Å². The second-order valence-electron chi connectivity index (χ2n) is 7.23. The van der Waals surface area contributed by atoms with Crippen molar-refractivity contribution in [1.82, 2.24) is 4.90 Å². The van der Waals surface area contributed by atoms with Gasteiger partial charge in [-0.15, -0.1) is 0 Å². The van der Waals surface area contributed by atoms with Crippen LogP contribution in [0.25, 0.3) is 5.76 Å². The molecule has 1 unspecified atom stereocenters. The fourth-order valence-electron chi connectivity index (χ4n) is 3.65. The van der Waals surface area contributed by atoms with E-state index in [1.165, 1.54) is 18.9 Å². The molecule has 32 heavy (non-hydrogen) atoms. The predicted octanol–water partition coefficient (Wildman–Crippen LogP) is 3.08. The number of hydrogen-bond donors (Lipinski definition) is 1. The Labute approximate surface area is 186 Å². The van der Waals surface area contributed by atoms with E-state index >= 15 is 0 Å². The van der Waals surface area contributed by atoms with E-state index in [1.807, 2.05) is 0 Å². The number of carbonyl (C=O) groups is 3. The van der Waals surface area contributed by atoms with Crippen molar-refractivity contribution in [3.05, 3.63) is 65.2 Å². The lowest BCUT2D eigenvalue weighted by Crippen LogP contribution is -2.31. The number of nitrogens with zero attached hydrogens (tertiary/aromatic N) is 1. The molecule has 2 aromatic carbocycles. The molecule has 1 heterocycles. The summed E-state index contributed by atoms with van der Waals surface area (Å²) in [6, 6.07) is 12.3. The number of carbonyl (C=O) groups excluding carboxylic acids is 3. The smallest absolute Gasteiger partial charge is 0.308 e. The number of methoxy groups -OCH3 is 2. The number of esters is 1. The molecule has 1 aliphatic rings. The molecule has 1 saturated heterocycles. The maximum absolute atomic E-state index is 13.0. The van der Waals surface area contributed by atoms with Crippen LogP contribution in [0.2, 0.25) is 0 Å². The Kier molecular flexibility index (Phi) is 7.27. The molecular formula is C24H25NO7. The topological polar surface area (TPSA) is 102 Å². The second kappa shape index (κ2) is 10.1. The molecular weight excluding hydrogens is 414 g/mol. The third-order valence-electron chi connectivity index (χ3n) is 5.09. The predicted molar refractivity (Wildman–Crippen MR) is 116 cm³/mol. The van der Waals surface area contributed by atoms with Gasteiger partial charge in [-0.05, 0) is 36.2 Å². The zero-order valence-corrected chi connectivity index (χ0v) is 18.2. The Bertz CT molecular complexity index is 1040. The third-order valence-corrected chi connectivity index (χ3v) is 5.09. The van der Waals surface area contributed by atoms with Crippen LogP contribution in [0.15, 0.2) is 54.1 Å². The van der Waals surface area contributed by atoms with Gasteiger partial charge in [-0.2, -0.15) is 0 Å². The molecule has 0 aliphatic carbocycles. The minimum Gasteiger partial charge on any atom is -0.507 e. The number of aliphatic hydroxyl groups excluding tert-OH is 1. The Morgan fingerprint density at radius 1 is 1.06 bits per heavy atom. The fourth-order valence-corrected chi connectivity index (χ4v) is 3.65. The van der Waals surface area contributed by atoms with Crippen LogP contribution >= 0.6 is 0 Å². The van der Waals surface area contributed by atoms with Gasteiger partial charge in [0.1, 0.15) is 17.3 Å². The van der Waals surface area contributed by atoms with Crippen LogP contribution in [-0.2, 0) is 19.1 Å². The standard InChI is InChI=1S/C24H25NO7/c1-15(26)32-18-10-8-16(9-11-18)21-20(22(27)17-6-4-7-19(14-17)31-3)23(28)24(29)25(21)12-5-13-30-2/h4,6-11,14,21,27H,5,12-13H2,1-3H3/b22-20-. The lowest BCUT2D eigenvalue weighted by Gasteiger charge is -2.25. The lowest BCUT2D eigenvalue weighted by atomic mass is 9.95. The summed E-state index contributed by atoms with van der Waals surface area (Å²) in [5, 5.41) is 11.1. The first-order chi connectivity index (χ1) is 15.4. The molecule has 1 fully saturated rings. The molecule has 0 spiro atoms. The third kappa shape index (κ3) is 4.81. The molecule has 3 rings (SSSR count). The van der Waals surface area contributed by atoms with Gasteiger partial charge in [0, 0.05) is 32.7 Å². The summed E-state index contributed by atoms with van der Waals surface area (Å²) in [4.78, 5) is 38.5. The highest BCUT2D eigenvalue weighted by Gasteiger charge is 2.45. The molecule has 1 aliphatic heterocycles. The molecule has 0 radical (unpaired) electrons. The number of benzene rings is 2. The highest BCUT2D eigenvalue weighted by atomic mass is 16.5. The summed E-state index contributed by atoms with van der Waals surface area (Å²) in [7, 11) is 3.06. The summed E-state index contributed by atoms with van der Waals surface area (Å²) in [5.74, 6) is -1.36. The van der Waals surface area contributed by atoms with Crippen LogP contribution in [0.3, 0.4) is 0 Å². The lowest BCUT2D eigenvalue weighted by molar-refractivity contribution is -0.140. The van der Waals surface area contributed by atoms with Crippen molar-refractivity contribution in [2.45, 2.75) is 19.4 Å². The van der Waals surface area contributed by atoms with E-state index < -0.39 is 23.7 Å². The summed E-state index contributed by atoms with van der Waals surface area (Å²) in [5.41, 5.74) is 0.948. The van der Waals surface area contributed by atoms with Crippen LogP contribution in [0.5, 0.6) is 11.5 Å². The SMILES string of the molecule is COCCCN1C(=O)C(=O)/C(=C(\O)c2cccc(OC)c2)C1c1ccc(OC(C)=O)cc1. The van der Waals surface area contributed by atoms with Gasteiger partial charge < -0.3 is 24.2 Å². The number of ketones is 1. The van der Waals surface area contributed by atoms with Gasteiger partial charge in [-0.25, -0.2) is 0 Å². The van der Waals surface area contributed by atoms with Crippen molar-refractivity contribution in [2.24, 2.45) is 0 Å². The molecule has 0 bridgehead atoms. The number of amides is 1. The van der Waals surface area contributed by atoms with Gasteiger partial charge in [-0.1, -0.05) is 24.3 Å². The maximum atomic E-state index is 13.0. The van der Waals surface area contributed by atoms with E-state index in [0.29, 0.717) is 35.7 Å². The van der Waals surface area contributed by atoms with Crippen molar-refractivity contribution in [3.8, 4) is 11.5 Å². The van der Waals surface area contributed by atoms with Crippen molar-refractivity contribution < 1.29 is 33.7 Å². The summed E-state index contributed by atoms with van der Waals surface area (Å²) in [6.07, 6.45) is 0.519. The summed E-state index contributed by atoms with van der Waals surface area (Å²) < 4.78 is 15.4. The first-order valence-electron chi connectivity index (χ1n) is 10.1. The van der Waals surface area contributed by atoms with E-state index in [4.69, 9.17) is 14.2 Å². The largest absolute Gasteiger partial charge is 0.507 e. The number of ether oxygens (including phenoxy) is 3. The Morgan fingerprint density at radius 2 is 1.78 bits per heavy atom. The number of aliphatic hydroxyl groups is 1. The van der Waals surface area contributed by atoms with Gasteiger partial charge in [0.05, 0.1) is 18.7 Å². The number of rotatable bonds is 8. The van der Waals surface area contributed by atoms with E-state index in [0.717, 1.165) is 0 Å². The first kappa shape index (κ1) is 23.0. The summed E-state index contributed by atoms with van der Waals surface area (Å²) >= 11 is 0. The molecule has 8 nitrogen and oxygen atoms in total. The molecule has 0 saturated carbocycles. The minimum absolute atomic E-state index is 0.0130. The minimum atomic E-state index is -0.801. The molecule has 1 atom stereocenters. The van der Waals surface area contributed by atoms with Crippen LogP contribution in [-0.4, -0.2) is 55.0 Å². The molecule has 0 aromatic heterocycles. The normalized spacial score (nSPS) is 17.5. The molecule has 168 valence electrons. The Hall–Kier alpha value is -3.65. The van der Waals surface area contributed by atoms with E-state index in [1.54, 1.807) is 55.6 Å². The highest BCUT2D eigenvalue weighted by molar-refractivity contribution is 6.46. The number of Topliss-reactive ketones (excluding diaryl/α,β-unsaturated/α-hetero) is 1. The number of hydrogen-bond acceptors (Lipinski definition) is 7. The zero-order chi connectivity index (χ0) is 23.3. The van der Waals surface area contributed by atoms with Crippen molar-refractivity contribution >= 4 is 23.4 Å². The van der Waals surface area contributed by atoms with Gasteiger partial charge in [-0.3, -0.25) is 14.4 Å². The zero-order valence-electron chi connectivity index (χ0n) is 18.2. The monoisotopic (exact) mass is 439 g/mol. The van der Waals surface area contributed by atoms with Crippen molar-refractivity contribution in [3.63, 3.8) is 0 Å². The van der Waals surface area contributed by atoms with Crippen LogP contribution in [0.4, 0.5) is 0 Å². The van der Waals surface area contributed by atoms with Gasteiger partial charge in [0.15, 0.2) is 0 Å². The van der Waals surface area contributed by atoms with Gasteiger partial charge in [0.2, 0.25) is 0 Å². The Morgan fingerprint density at radius 3 is 2.41 bits per heavy atom.